The van der Waals surface area contributed by atoms with Crippen molar-refractivity contribution in [1.29, 1.82) is 0 Å². The maximum absolute atomic E-state index is 5.54. The van der Waals surface area contributed by atoms with Gasteiger partial charge in [0.15, 0.2) is 10.5 Å². The van der Waals surface area contributed by atoms with E-state index in [1.54, 1.807) is 10.5 Å². The second-order valence-corrected chi connectivity index (χ2v) is 4.82. The van der Waals surface area contributed by atoms with Gasteiger partial charge in [0.25, 0.3) is 0 Å². The number of rotatable bonds is 11. The summed E-state index contributed by atoms with van der Waals surface area (Å²) in [6.07, 6.45) is 14.0. The van der Waals surface area contributed by atoms with Gasteiger partial charge in [-0.25, -0.2) is 0 Å². The van der Waals surface area contributed by atoms with Crippen LogP contribution >= 0.6 is 0 Å². The fourth-order valence-corrected chi connectivity index (χ4v) is 2.24. The van der Waals surface area contributed by atoms with Crippen LogP contribution in [0.1, 0.15) is 78.1 Å². The molecule has 1 radical (unpaired) electrons. The topological polar surface area (TPSA) is 9.23 Å². The van der Waals surface area contributed by atoms with Crippen LogP contribution in [0.3, 0.4) is 0 Å². The van der Waals surface area contributed by atoms with E-state index < -0.39 is 0 Å². The van der Waals surface area contributed by atoms with Gasteiger partial charge in [-0.2, -0.15) is 0 Å². The molecule has 2 heteroatoms. The molecule has 0 heterocycles. The normalized spacial score (nSPS) is 11.2. The van der Waals surface area contributed by atoms with Gasteiger partial charge in [0.2, 0.25) is 0 Å². The first-order valence-electron chi connectivity index (χ1n) is 6.76. The Kier molecular flexibility index (Phi) is 12.4. The highest BCUT2D eigenvalue weighted by atomic mass is 28.2. The molecule has 0 aromatic carbocycles. The smallest absolute Gasteiger partial charge is 0.175 e. The highest BCUT2D eigenvalue weighted by molar-refractivity contribution is 5.98. The molecule has 1 nitrogen and oxygen atoms in total. The predicted octanol–water partition coefficient (Wildman–Crippen LogP) is 3.86. The van der Waals surface area contributed by atoms with Crippen LogP contribution in [0.15, 0.2) is 0 Å². The first kappa shape index (κ1) is 15.2. The molecule has 0 saturated heterocycles. The Bertz CT molecular complexity index is 105. The molecule has 0 saturated carbocycles. The van der Waals surface area contributed by atoms with Crippen molar-refractivity contribution in [1.82, 2.24) is 0 Å². The molecule has 0 atom stereocenters. The molecule has 0 unspecified atom stereocenters. The Morgan fingerprint density at radius 2 is 1.27 bits per heavy atom. The van der Waals surface area contributed by atoms with E-state index >= 15 is 0 Å². The van der Waals surface area contributed by atoms with Crippen LogP contribution < -0.4 is 0 Å². The minimum Gasteiger partial charge on any atom is -0.422 e. The first-order valence-corrected chi connectivity index (χ1v) is 7.33. The molecule has 0 aliphatic heterocycles. The molecule has 0 aliphatic rings. The summed E-state index contributed by atoms with van der Waals surface area (Å²) < 4.78 is 5.54. The molecule has 0 rings (SSSR count). The predicted molar refractivity (Wildman–Crippen MR) is 70.9 cm³/mol. The van der Waals surface area contributed by atoms with Crippen LogP contribution in [-0.2, 0) is 4.43 Å². The van der Waals surface area contributed by atoms with Crippen molar-refractivity contribution >= 4 is 10.5 Å². The maximum atomic E-state index is 5.54. The van der Waals surface area contributed by atoms with E-state index in [0.717, 1.165) is 0 Å². The van der Waals surface area contributed by atoms with Gasteiger partial charge >= 0.3 is 0 Å². The van der Waals surface area contributed by atoms with Crippen LogP contribution in [0.25, 0.3) is 0 Å². The average Bonchev–Trinajstić information content (AvgIpc) is 2.27. The zero-order valence-electron chi connectivity index (χ0n) is 10.8. The van der Waals surface area contributed by atoms with Gasteiger partial charge in [-0.3, -0.25) is 0 Å². The van der Waals surface area contributed by atoms with Crippen LogP contribution in [0.4, 0.5) is 0 Å². The van der Waals surface area contributed by atoms with E-state index in [9.17, 15) is 0 Å². The van der Waals surface area contributed by atoms with Crippen molar-refractivity contribution in [2.24, 2.45) is 0 Å². The lowest BCUT2D eigenvalue weighted by Gasteiger charge is -2.15. The molecule has 0 N–H and O–H groups in total. The minimum atomic E-state index is 0.539. The monoisotopic (exact) mass is 229 g/mol. The van der Waals surface area contributed by atoms with Crippen LogP contribution in [0.2, 0.25) is 0 Å². The van der Waals surface area contributed by atoms with Crippen molar-refractivity contribution in [3.8, 4) is 0 Å². The molecule has 0 aromatic heterocycles. The highest BCUT2D eigenvalue weighted by Gasteiger charge is 2.05. The fourth-order valence-electron chi connectivity index (χ4n) is 1.91. The van der Waals surface area contributed by atoms with Gasteiger partial charge in [0, 0.05) is 6.10 Å². The van der Waals surface area contributed by atoms with Gasteiger partial charge in [0.05, 0.1) is 0 Å². The summed E-state index contributed by atoms with van der Waals surface area (Å²) >= 11 is 0. The van der Waals surface area contributed by atoms with Crippen molar-refractivity contribution in [2.75, 3.05) is 0 Å². The fraction of sp³-hybridized carbons (Fsp3) is 1.00. The van der Waals surface area contributed by atoms with Crippen molar-refractivity contribution in [3.05, 3.63) is 0 Å². The molecular weight excluding hydrogens is 200 g/mol. The average molecular weight is 229 g/mol. The van der Waals surface area contributed by atoms with Crippen LogP contribution in [0, 0.1) is 0 Å². The molecule has 0 aliphatic carbocycles. The minimum absolute atomic E-state index is 0.539. The van der Waals surface area contributed by atoms with Crippen LogP contribution in [-0.4, -0.2) is 16.6 Å². The summed E-state index contributed by atoms with van der Waals surface area (Å²) in [5.41, 5.74) is 0. The van der Waals surface area contributed by atoms with E-state index in [4.69, 9.17) is 4.43 Å². The van der Waals surface area contributed by atoms with Gasteiger partial charge in [-0.15, -0.1) is 0 Å². The Labute approximate surface area is 99.5 Å². The third kappa shape index (κ3) is 10.5. The highest BCUT2D eigenvalue weighted by Crippen LogP contribution is 2.14. The second-order valence-electron chi connectivity index (χ2n) is 4.49. The van der Waals surface area contributed by atoms with Gasteiger partial charge in [-0.05, 0) is 12.8 Å². The third-order valence-electron chi connectivity index (χ3n) is 3.00. The molecule has 0 bridgehead atoms. The van der Waals surface area contributed by atoms with Crippen molar-refractivity contribution in [3.63, 3.8) is 0 Å². The maximum Gasteiger partial charge on any atom is 0.175 e. The Morgan fingerprint density at radius 1 is 0.800 bits per heavy atom. The Hall–Kier alpha value is 0.177. The largest absolute Gasteiger partial charge is 0.422 e. The quantitative estimate of drug-likeness (QED) is 0.386. The third-order valence-corrected chi connectivity index (χ3v) is 3.47. The lowest BCUT2D eigenvalue weighted by atomic mass is 10.0. The zero-order chi connectivity index (χ0) is 11.4. The van der Waals surface area contributed by atoms with E-state index in [1.165, 1.54) is 64.2 Å². The van der Waals surface area contributed by atoms with Gasteiger partial charge in [0.1, 0.15) is 0 Å². The zero-order valence-corrected chi connectivity index (χ0v) is 12.2. The summed E-state index contributed by atoms with van der Waals surface area (Å²) in [4.78, 5) is 0. The van der Waals surface area contributed by atoms with E-state index in [0.29, 0.717) is 6.10 Å². The number of hydrogen-bond donors (Lipinski definition) is 0. The van der Waals surface area contributed by atoms with Crippen molar-refractivity contribution in [2.45, 2.75) is 84.2 Å². The molecule has 0 aromatic rings. The molecule has 91 valence electrons. The Balaban J connectivity index is 3.29. The molecule has 15 heavy (non-hydrogen) atoms. The number of unbranched alkanes of at least 4 members (excludes halogenated alkanes) is 6. The SMILES string of the molecule is CCCCCCC(CCCCCC)O[SiH2]. The molecular formula is C13H29OSi. The van der Waals surface area contributed by atoms with Gasteiger partial charge in [-0.1, -0.05) is 65.2 Å². The van der Waals surface area contributed by atoms with Crippen molar-refractivity contribution < 1.29 is 4.43 Å². The summed E-state index contributed by atoms with van der Waals surface area (Å²) in [5.74, 6) is 0. The molecule has 0 spiro atoms. The summed E-state index contributed by atoms with van der Waals surface area (Å²) in [5, 5.41) is 0. The number of hydrogen-bond acceptors (Lipinski definition) is 1. The van der Waals surface area contributed by atoms with Gasteiger partial charge < -0.3 is 4.43 Å². The second kappa shape index (κ2) is 12.2. The van der Waals surface area contributed by atoms with Crippen LogP contribution in [0.5, 0.6) is 0 Å². The van der Waals surface area contributed by atoms with E-state index in [-0.39, 0.29) is 0 Å². The van der Waals surface area contributed by atoms with E-state index in [1.807, 2.05) is 0 Å². The van der Waals surface area contributed by atoms with E-state index in [2.05, 4.69) is 13.8 Å². The first-order chi connectivity index (χ1) is 7.35. The Morgan fingerprint density at radius 3 is 1.60 bits per heavy atom. The molecule has 0 amide bonds. The lowest BCUT2D eigenvalue weighted by Crippen LogP contribution is -2.11. The standard InChI is InChI=1S/C13H29OSi/c1-3-5-7-9-11-13(14-15)12-10-8-6-4-2/h13H,3-12,15H2,1-2H3. The summed E-state index contributed by atoms with van der Waals surface area (Å²) in [6.45, 7) is 4.53. The lowest BCUT2D eigenvalue weighted by molar-refractivity contribution is 0.189. The molecule has 0 fully saturated rings. The summed E-state index contributed by atoms with van der Waals surface area (Å²) in [6, 6.07) is 0. The summed E-state index contributed by atoms with van der Waals surface area (Å²) in [7, 11) is 1.67.